The summed E-state index contributed by atoms with van der Waals surface area (Å²) in [5.74, 6) is 1.25. The molecule has 7 nitrogen and oxygen atoms in total. The number of fused-ring (bicyclic) bond motifs is 1. The lowest BCUT2D eigenvalue weighted by molar-refractivity contribution is -0.0716. The first kappa shape index (κ1) is 15.8. The molecule has 2 amide bonds. The van der Waals surface area contributed by atoms with E-state index in [0.717, 1.165) is 25.7 Å². The minimum atomic E-state index is -0.889. The number of benzene rings is 1. The maximum Gasteiger partial charge on any atom is 0.319 e. The smallest absolute Gasteiger partial charge is 0.319 e. The van der Waals surface area contributed by atoms with Crippen molar-refractivity contribution < 1.29 is 23.8 Å². The first-order valence-corrected chi connectivity index (χ1v) is 8.42. The number of anilines is 1. The molecule has 1 aromatic heterocycles. The molecule has 0 radical (unpaired) electrons. The van der Waals surface area contributed by atoms with Crippen LogP contribution in [0.4, 0.5) is 10.5 Å². The molecular weight excluding hydrogens is 324 g/mol. The molecule has 1 atom stereocenters. The zero-order valence-electron chi connectivity index (χ0n) is 13.7. The SMILES string of the molecule is O=C(NCC(O)c1ccco1)Nc1ccc2c(c1)OC1(CCCC1)O2. The normalized spacial score (nSPS) is 18.3. The molecule has 1 aromatic carbocycles. The zero-order chi connectivity index (χ0) is 17.3. The Hall–Kier alpha value is -2.67. The standard InChI is InChI=1S/C18H20N2O5/c21-13(14-4-3-9-23-14)11-19-17(22)20-12-5-6-15-16(10-12)25-18(24-15)7-1-2-8-18/h3-6,9-10,13,21H,1-2,7-8,11H2,(H2,19,20,22). The van der Waals surface area contributed by atoms with Gasteiger partial charge in [-0.15, -0.1) is 0 Å². The van der Waals surface area contributed by atoms with E-state index in [1.807, 2.05) is 0 Å². The van der Waals surface area contributed by atoms with Crippen LogP contribution >= 0.6 is 0 Å². The van der Waals surface area contributed by atoms with Gasteiger partial charge < -0.3 is 29.6 Å². The van der Waals surface area contributed by atoms with Gasteiger partial charge in [-0.25, -0.2) is 4.79 Å². The second kappa shape index (κ2) is 6.33. The first-order chi connectivity index (χ1) is 12.1. The predicted octanol–water partition coefficient (Wildman–Crippen LogP) is 3.18. The van der Waals surface area contributed by atoms with Crippen molar-refractivity contribution in [3.8, 4) is 11.5 Å². The zero-order valence-corrected chi connectivity index (χ0v) is 13.7. The maximum absolute atomic E-state index is 12.0. The molecular formula is C18H20N2O5. The number of ether oxygens (including phenoxy) is 2. The molecule has 7 heteroatoms. The molecule has 4 rings (SSSR count). The van der Waals surface area contributed by atoms with Crippen LogP contribution in [0.5, 0.6) is 11.5 Å². The van der Waals surface area contributed by atoms with Crippen molar-refractivity contribution in [3.05, 3.63) is 42.4 Å². The Kier molecular flexibility index (Phi) is 4.01. The van der Waals surface area contributed by atoms with Crippen LogP contribution in [0.2, 0.25) is 0 Å². The molecule has 1 unspecified atom stereocenters. The molecule has 0 saturated heterocycles. The van der Waals surface area contributed by atoms with Gasteiger partial charge in [0.15, 0.2) is 11.5 Å². The van der Waals surface area contributed by atoms with Crippen molar-refractivity contribution in [2.75, 3.05) is 11.9 Å². The number of aliphatic hydroxyl groups excluding tert-OH is 1. The van der Waals surface area contributed by atoms with E-state index in [2.05, 4.69) is 10.6 Å². The number of nitrogens with one attached hydrogen (secondary N) is 2. The molecule has 2 aromatic rings. The third kappa shape index (κ3) is 3.28. The summed E-state index contributed by atoms with van der Waals surface area (Å²) >= 11 is 0. The highest BCUT2D eigenvalue weighted by atomic mass is 16.7. The Morgan fingerprint density at radius 1 is 1.20 bits per heavy atom. The number of hydrogen-bond donors (Lipinski definition) is 3. The second-order valence-corrected chi connectivity index (χ2v) is 6.35. The number of urea groups is 1. The Bertz CT molecular complexity index is 753. The lowest BCUT2D eigenvalue weighted by Gasteiger charge is -2.21. The van der Waals surface area contributed by atoms with Crippen molar-refractivity contribution in [1.29, 1.82) is 0 Å². The van der Waals surface area contributed by atoms with E-state index >= 15 is 0 Å². The quantitative estimate of drug-likeness (QED) is 0.792. The molecule has 1 spiro atoms. The van der Waals surface area contributed by atoms with E-state index in [-0.39, 0.29) is 6.54 Å². The predicted molar refractivity (Wildman–Crippen MR) is 89.6 cm³/mol. The van der Waals surface area contributed by atoms with Crippen LogP contribution in [0.15, 0.2) is 41.0 Å². The second-order valence-electron chi connectivity index (χ2n) is 6.35. The fraction of sp³-hybridized carbons (Fsp3) is 0.389. The van der Waals surface area contributed by atoms with Gasteiger partial charge in [0.2, 0.25) is 0 Å². The molecule has 132 valence electrons. The van der Waals surface area contributed by atoms with Gasteiger partial charge in [-0.2, -0.15) is 0 Å². The van der Waals surface area contributed by atoms with E-state index in [0.29, 0.717) is 22.9 Å². The van der Waals surface area contributed by atoms with Gasteiger partial charge in [0.1, 0.15) is 11.9 Å². The summed E-state index contributed by atoms with van der Waals surface area (Å²) in [4.78, 5) is 12.0. The Morgan fingerprint density at radius 3 is 2.76 bits per heavy atom. The van der Waals surface area contributed by atoms with Crippen molar-refractivity contribution in [2.45, 2.75) is 37.6 Å². The highest BCUT2D eigenvalue weighted by Gasteiger charge is 2.44. The van der Waals surface area contributed by atoms with Gasteiger partial charge in [-0.05, 0) is 37.1 Å². The number of amides is 2. The average Bonchev–Trinajstić information content (AvgIpc) is 3.33. The molecule has 1 fully saturated rings. The largest absolute Gasteiger partial charge is 0.467 e. The lowest BCUT2D eigenvalue weighted by atomic mass is 10.2. The monoisotopic (exact) mass is 344 g/mol. The molecule has 1 aliphatic heterocycles. The van der Waals surface area contributed by atoms with E-state index in [4.69, 9.17) is 13.9 Å². The minimum Gasteiger partial charge on any atom is -0.467 e. The van der Waals surface area contributed by atoms with Gasteiger partial charge in [-0.3, -0.25) is 0 Å². The van der Waals surface area contributed by atoms with Crippen molar-refractivity contribution in [1.82, 2.24) is 5.32 Å². The summed E-state index contributed by atoms with van der Waals surface area (Å²) < 4.78 is 17.0. The molecule has 3 N–H and O–H groups in total. The van der Waals surface area contributed by atoms with Crippen molar-refractivity contribution in [3.63, 3.8) is 0 Å². The van der Waals surface area contributed by atoms with Gasteiger partial charge in [0.25, 0.3) is 5.79 Å². The van der Waals surface area contributed by atoms with E-state index in [9.17, 15) is 9.90 Å². The lowest BCUT2D eigenvalue weighted by Crippen LogP contribution is -2.34. The fourth-order valence-electron chi connectivity index (χ4n) is 3.24. The van der Waals surface area contributed by atoms with Crippen molar-refractivity contribution >= 4 is 11.7 Å². The summed E-state index contributed by atoms with van der Waals surface area (Å²) in [7, 11) is 0. The van der Waals surface area contributed by atoms with Crippen LogP contribution in [0.25, 0.3) is 0 Å². The van der Waals surface area contributed by atoms with Crippen LogP contribution < -0.4 is 20.1 Å². The first-order valence-electron chi connectivity index (χ1n) is 8.42. The number of carbonyl (C=O) groups is 1. The van der Waals surface area contributed by atoms with Crippen LogP contribution in [0.1, 0.15) is 37.5 Å². The van der Waals surface area contributed by atoms with Gasteiger partial charge >= 0.3 is 6.03 Å². The molecule has 1 aliphatic carbocycles. The topological polar surface area (TPSA) is 93.0 Å². The van der Waals surface area contributed by atoms with Crippen LogP contribution in [-0.2, 0) is 0 Å². The molecule has 25 heavy (non-hydrogen) atoms. The fourth-order valence-corrected chi connectivity index (χ4v) is 3.24. The molecule has 0 bridgehead atoms. The Balaban J connectivity index is 1.33. The molecule has 1 saturated carbocycles. The number of furan rings is 1. The summed E-state index contributed by atoms with van der Waals surface area (Å²) in [6.07, 6.45) is 4.55. The Morgan fingerprint density at radius 2 is 2.00 bits per heavy atom. The van der Waals surface area contributed by atoms with Gasteiger partial charge in [0.05, 0.1) is 12.8 Å². The molecule has 2 heterocycles. The van der Waals surface area contributed by atoms with E-state index in [1.54, 1.807) is 30.3 Å². The number of rotatable bonds is 4. The summed E-state index contributed by atoms with van der Waals surface area (Å²) in [5, 5.41) is 15.2. The van der Waals surface area contributed by atoms with Crippen LogP contribution in [0, 0.1) is 0 Å². The summed E-state index contributed by atoms with van der Waals surface area (Å²) in [6.45, 7) is 0.0486. The van der Waals surface area contributed by atoms with E-state index in [1.165, 1.54) is 6.26 Å². The number of hydrogen-bond acceptors (Lipinski definition) is 5. The van der Waals surface area contributed by atoms with Gasteiger partial charge in [0, 0.05) is 24.6 Å². The van der Waals surface area contributed by atoms with Crippen LogP contribution in [-0.4, -0.2) is 23.5 Å². The van der Waals surface area contributed by atoms with Crippen molar-refractivity contribution in [2.24, 2.45) is 0 Å². The average molecular weight is 344 g/mol. The highest BCUT2D eigenvalue weighted by Crippen LogP contribution is 2.47. The highest BCUT2D eigenvalue weighted by molar-refractivity contribution is 5.89. The number of aliphatic hydroxyl groups is 1. The third-order valence-electron chi connectivity index (χ3n) is 4.49. The van der Waals surface area contributed by atoms with Crippen LogP contribution in [0.3, 0.4) is 0 Å². The minimum absolute atomic E-state index is 0.0486. The Labute approximate surface area is 144 Å². The van der Waals surface area contributed by atoms with Gasteiger partial charge in [-0.1, -0.05) is 0 Å². The third-order valence-corrected chi connectivity index (χ3v) is 4.49. The summed E-state index contributed by atoms with van der Waals surface area (Å²) in [5.41, 5.74) is 0.599. The summed E-state index contributed by atoms with van der Waals surface area (Å²) in [6, 6.07) is 8.24. The maximum atomic E-state index is 12.0. The van der Waals surface area contributed by atoms with E-state index < -0.39 is 17.9 Å². The number of carbonyl (C=O) groups excluding carboxylic acids is 1. The molecule has 2 aliphatic rings.